The van der Waals surface area contributed by atoms with E-state index in [0.717, 1.165) is 22.4 Å². The first-order valence-corrected chi connectivity index (χ1v) is 10.1. The molecule has 0 aromatic heterocycles. The number of carbonyl (C=O) groups excluding carboxylic acids is 3. The number of primary amides is 1. The van der Waals surface area contributed by atoms with Gasteiger partial charge in [-0.15, -0.1) is 0 Å². The van der Waals surface area contributed by atoms with Gasteiger partial charge in [-0.1, -0.05) is 24.3 Å². The van der Waals surface area contributed by atoms with Crippen LogP contribution in [0.3, 0.4) is 0 Å². The van der Waals surface area contributed by atoms with Crippen molar-refractivity contribution in [1.29, 1.82) is 0 Å². The molecule has 2 aromatic carbocycles. The van der Waals surface area contributed by atoms with E-state index < -0.39 is 11.3 Å². The smallest absolute Gasteiger partial charge is 0.248 e. The molecule has 4 rings (SSSR count). The van der Waals surface area contributed by atoms with Crippen LogP contribution in [0.5, 0.6) is 0 Å². The Kier molecular flexibility index (Phi) is 4.94. The Morgan fingerprint density at radius 3 is 2.47 bits per heavy atom. The lowest BCUT2D eigenvalue weighted by atomic mass is 9.73. The molecule has 2 N–H and O–H groups in total. The van der Waals surface area contributed by atoms with Gasteiger partial charge in [-0.25, -0.2) is 0 Å². The fraction of sp³-hybridized carbons (Fsp3) is 0.292. The number of hydrogen-bond donors (Lipinski definition) is 1. The van der Waals surface area contributed by atoms with Crippen LogP contribution in [0.4, 0.5) is 5.69 Å². The Morgan fingerprint density at radius 1 is 1.10 bits per heavy atom. The molecule has 1 fully saturated rings. The summed E-state index contributed by atoms with van der Waals surface area (Å²) in [5, 5.41) is 0. The molecule has 3 amide bonds. The third kappa shape index (κ3) is 3.18. The van der Waals surface area contributed by atoms with Gasteiger partial charge in [0.15, 0.2) is 0 Å². The van der Waals surface area contributed by atoms with E-state index in [1.807, 2.05) is 37.3 Å². The van der Waals surface area contributed by atoms with E-state index in [-0.39, 0.29) is 11.8 Å². The first-order chi connectivity index (χ1) is 14.3. The fourth-order valence-electron chi connectivity index (χ4n) is 4.54. The Hall–Kier alpha value is -3.41. The summed E-state index contributed by atoms with van der Waals surface area (Å²) < 4.78 is 0. The van der Waals surface area contributed by atoms with Crippen LogP contribution in [0, 0.1) is 6.92 Å². The van der Waals surface area contributed by atoms with E-state index in [1.54, 1.807) is 41.1 Å². The van der Waals surface area contributed by atoms with Gasteiger partial charge in [0, 0.05) is 37.5 Å². The summed E-state index contributed by atoms with van der Waals surface area (Å²) in [5.41, 5.74) is 8.92. The normalized spacial score (nSPS) is 17.6. The summed E-state index contributed by atoms with van der Waals surface area (Å²) >= 11 is 0. The van der Waals surface area contributed by atoms with Crippen LogP contribution in [-0.2, 0) is 15.0 Å². The molecule has 2 aliphatic rings. The monoisotopic (exact) mass is 403 g/mol. The summed E-state index contributed by atoms with van der Waals surface area (Å²) in [7, 11) is 1.75. The minimum Gasteiger partial charge on any atom is -0.366 e. The van der Waals surface area contributed by atoms with Crippen molar-refractivity contribution < 1.29 is 14.4 Å². The Labute approximate surface area is 176 Å². The average molecular weight is 403 g/mol. The molecule has 0 bridgehead atoms. The molecule has 2 aliphatic heterocycles. The number of hydrogen-bond acceptors (Lipinski definition) is 3. The lowest BCUT2D eigenvalue weighted by Crippen LogP contribution is -2.49. The number of rotatable bonds is 3. The number of amides is 3. The first kappa shape index (κ1) is 19.9. The van der Waals surface area contributed by atoms with Gasteiger partial charge in [-0.05, 0) is 60.7 Å². The van der Waals surface area contributed by atoms with Crippen LogP contribution in [0.1, 0.15) is 39.9 Å². The molecule has 154 valence electrons. The minimum absolute atomic E-state index is 0.0154. The van der Waals surface area contributed by atoms with E-state index in [4.69, 9.17) is 5.73 Å². The third-order valence-corrected chi connectivity index (χ3v) is 6.39. The highest BCUT2D eigenvalue weighted by Gasteiger charge is 2.51. The van der Waals surface area contributed by atoms with Crippen LogP contribution >= 0.6 is 0 Å². The van der Waals surface area contributed by atoms with Crippen molar-refractivity contribution in [2.24, 2.45) is 5.73 Å². The van der Waals surface area contributed by atoms with Crippen molar-refractivity contribution >= 4 is 29.5 Å². The molecule has 0 radical (unpaired) electrons. The van der Waals surface area contributed by atoms with Crippen LogP contribution < -0.4 is 10.6 Å². The first-order valence-electron chi connectivity index (χ1n) is 10.1. The Bertz CT molecular complexity index is 1070. The number of fused-ring (bicyclic) bond motifs is 2. The molecule has 0 saturated carbocycles. The van der Waals surface area contributed by atoms with E-state index in [0.29, 0.717) is 31.5 Å². The van der Waals surface area contributed by atoms with Gasteiger partial charge in [0.05, 0.1) is 5.41 Å². The minimum atomic E-state index is -0.702. The molecule has 0 atom stereocenters. The van der Waals surface area contributed by atoms with Crippen LogP contribution in [0.25, 0.3) is 6.08 Å². The Balaban J connectivity index is 1.53. The third-order valence-electron chi connectivity index (χ3n) is 6.39. The van der Waals surface area contributed by atoms with Crippen molar-refractivity contribution in [2.45, 2.75) is 25.2 Å². The number of anilines is 1. The number of benzene rings is 2. The fourth-order valence-corrected chi connectivity index (χ4v) is 4.54. The predicted molar refractivity (Wildman–Crippen MR) is 116 cm³/mol. The lowest BCUT2D eigenvalue weighted by Gasteiger charge is -2.38. The van der Waals surface area contributed by atoms with Crippen molar-refractivity contribution in [3.8, 4) is 0 Å². The van der Waals surface area contributed by atoms with E-state index in [1.165, 1.54) is 0 Å². The van der Waals surface area contributed by atoms with E-state index >= 15 is 0 Å². The number of nitrogens with two attached hydrogens (primary N) is 1. The summed E-state index contributed by atoms with van der Waals surface area (Å²) in [6, 6.07) is 13.1. The van der Waals surface area contributed by atoms with Crippen molar-refractivity contribution in [3.63, 3.8) is 0 Å². The van der Waals surface area contributed by atoms with Gasteiger partial charge in [0.2, 0.25) is 17.7 Å². The van der Waals surface area contributed by atoms with E-state index in [2.05, 4.69) is 0 Å². The molecule has 2 aromatic rings. The lowest BCUT2D eigenvalue weighted by molar-refractivity contribution is -0.131. The van der Waals surface area contributed by atoms with E-state index in [9.17, 15) is 14.4 Å². The highest BCUT2D eigenvalue weighted by molar-refractivity contribution is 6.09. The van der Waals surface area contributed by atoms with Crippen LogP contribution in [-0.4, -0.2) is 42.8 Å². The second kappa shape index (κ2) is 7.44. The SMILES string of the molecule is Cc1ccccc1/C=C/C(=O)N1CCC2(CC1)C(=O)N(C)c1ccc(C(N)=O)cc12. The molecule has 30 heavy (non-hydrogen) atoms. The van der Waals surface area contributed by atoms with Gasteiger partial charge >= 0.3 is 0 Å². The molecular weight excluding hydrogens is 378 g/mol. The average Bonchev–Trinajstić information content (AvgIpc) is 2.95. The second-order valence-electron chi connectivity index (χ2n) is 8.06. The quantitative estimate of drug-likeness (QED) is 0.800. The van der Waals surface area contributed by atoms with Crippen molar-refractivity contribution in [3.05, 3.63) is 70.8 Å². The highest BCUT2D eigenvalue weighted by atomic mass is 16.2. The number of aryl methyl sites for hydroxylation is 1. The zero-order valence-corrected chi connectivity index (χ0v) is 17.2. The highest BCUT2D eigenvalue weighted by Crippen LogP contribution is 2.47. The van der Waals surface area contributed by atoms with Gasteiger partial charge in [0.1, 0.15) is 0 Å². The number of piperidine rings is 1. The van der Waals surface area contributed by atoms with Crippen LogP contribution in [0.15, 0.2) is 48.5 Å². The summed E-state index contributed by atoms with van der Waals surface area (Å²) in [5.74, 6) is -0.552. The maximum absolute atomic E-state index is 13.1. The second-order valence-corrected chi connectivity index (χ2v) is 8.06. The number of likely N-dealkylation sites (tertiary alicyclic amines) is 1. The van der Waals surface area contributed by atoms with Gasteiger partial charge in [-0.2, -0.15) is 0 Å². The molecule has 0 unspecified atom stereocenters. The van der Waals surface area contributed by atoms with Crippen molar-refractivity contribution in [1.82, 2.24) is 4.90 Å². The summed E-state index contributed by atoms with van der Waals surface area (Å²) in [6.45, 7) is 2.97. The topological polar surface area (TPSA) is 83.7 Å². The van der Waals surface area contributed by atoms with Gasteiger partial charge in [0.25, 0.3) is 0 Å². The largest absolute Gasteiger partial charge is 0.366 e. The van der Waals surface area contributed by atoms with Gasteiger partial charge < -0.3 is 15.5 Å². The molecule has 1 spiro atoms. The van der Waals surface area contributed by atoms with Crippen molar-refractivity contribution in [2.75, 3.05) is 25.0 Å². The standard InChI is InChI=1S/C24H25N3O3/c1-16-5-3-4-6-17(16)8-10-21(28)27-13-11-24(12-14-27)19-15-18(22(25)29)7-9-20(19)26(2)23(24)30/h3-10,15H,11-14H2,1-2H3,(H2,25,29)/b10-8+. The maximum atomic E-state index is 13.1. The molecule has 6 heteroatoms. The molecule has 6 nitrogen and oxygen atoms in total. The Morgan fingerprint density at radius 2 is 1.80 bits per heavy atom. The molecule has 0 aliphatic carbocycles. The number of likely N-dealkylation sites (N-methyl/N-ethyl adjacent to an activating group) is 1. The summed E-state index contributed by atoms with van der Waals surface area (Å²) in [4.78, 5) is 40.9. The van der Waals surface area contributed by atoms with Crippen LogP contribution in [0.2, 0.25) is 0 Å². The molecular formula is C24H25N3O3. The predicted octanol–water partition coefficient (Wildman–Crippen LogP) is 2.64. The molecule has 1 saturated heterocycles. The van der Waals surface area contributed by atoms with Gasteiger partial charge in [-0.3, -0.25) is 14.4 Å². The zero-order valence-electron chi connectivity index (χ0n) is 17.2. The zero-order chi connectivity index (χ0) is 21.5. The number of carbonyl (C=O) groups is 3. The maximum Gasteiger partial charge on any atom is 0.248 e. The number of nitrogens with zero attached hydrogens (tertiary/aromatic N) is 2. The summed E-state index contributed by atoms with van der Waals surface area (Å²) in [6.07, 6.45) is 4.48. The molecule has 2 heterocycles.